The number of nitrogens with zero attached hydrogens (tertiary/aromatic N) is 4. The van der Waals surface area contributed by atoms with E-state index < -0.39 is 0 Å². The lowest BCUT2D eigenvalue weighted by molar-refractivity contribution is 0.0747. The molecule has 1 aliphatic rings. The van der Waals surface area contributed by atoms with Gasteiger partial charge in [0, 0.05) is 44.5 Å². The normalized spacial score (nSPS) is 15.0. The van der Waals surface area contributed by atoms with Gasteiger partial charge in [0.25, 0.3) is 5.91 Å². The Hall–Kier alpha value is -2.89. The van der Waals surface area contributed by atoms with E-state index in [2.05, 4.69) is 9.88 Å². The first kappa shape index (κ1) is 15.6. The monoisotopic (exact) mass is 338 g/mol. The minimum Gasteiger partial charge on any atom is -0.368 e. The summed E-state index contributed by atoms with van der Waals surface area (Å²) in [7, 11) is 1.94. The molecule has 0 radical (unpaired) electrons. The highest BCUT2D eigenvalue weighted by Crippen LogP contribution is 2.19. The van der Waals surface area contributed by atoms with Gasteiger partial charge in [0.2, 0.25) is 0 Å². The summed E-state index contributed by atoms with van der Waals surface area (Å²) >= 11 is 0. The number of hydrogen-bond donors (Lipinski definition) is 0. The first-order chi connectivity index (χ1) is 12.1. The standard InChI is InChI=1S/C19H19FN4O/c1-22-13-21-17-12-14(2-7-18(17)22)19(25)24-10-8-23(9-11-24)16-5-3-15(20)4-6-16/h2-7,12-13H,8-11H2,1H3. The Bertz CT molecular complexity index is 911. The van der Waals surface area contributed by atoms with Gasteiger partial charge >= 0.3 is 0 Å². The Morgan fingerprint density at radius 3 is 2.48 bits per heavy atom. The predicted molar refractivity (Wildman–Crippen MR) is 95.2 cm³/mol. The van der Waals surface area contributed by atoms with E-state index in [-0.39, 0.29) is 11.7 Å². The second-order valence-corrected chi connectivity index (χ2v) is 6.31. The number of benzene rings is 2. The molecule has 0 saturated carbocycles. The number of amides is 1. The zero-order chi connectivity index (χ0) is 17.4. The van der Waals surface area contributed by atoms with E-state index in [1.807, 2.05) is 34.7 Å². The van der Waals surface area contributed by atoms with Crippen LogP contribution in [0.25, 0.3) is 11.0 Å². The lowest BCUT2D eigenvalue weighted by atomic mass is 10.1. The van der Waals surface area contributed by atoms with E-state index in [9.17, 15) is 9.18 Å². The van der Waals surface area contributed by atoms with Crippen molar-refractivity contribution in [1.29, 1.82) is 0 Å². The molecule has 0 atom stereocenters. The average Bonchev–Trinajstić information content (AvgIpc) is 3.02. The average molecular weight is 338 g/mol. The number of aromatic nitrogens is 2. The fourth-order valence-corrected chi connectivity index (χ4v) is 3.27. The minimum atomic E-state index is -0.234. The van der Waals surface area contributed by atoms with E-state index in [0.717, 1.165) is 29.8 Å². The predicted octanol–water partition coefficient (Wildman–Crippen LogP) is 2.67. The van der Waals surface area contributed by atoms with Crippen LogP contribution in [0, 0.1) is 5.82 Å². The number of rotatable bonds is 2. The zero-order valence-electron chi connectivity index (χ0n) is 14.0. The van der Waals surface area contributed by atoms with Crippen molar-refractivity contribution < 1.29 is 9.18 Å². The number of fused-ring (bicyclic) bond motifs is 1. The number of halogens is 1. The topological polar surface area (TPSA) is 41.4 Å². The quantitative estimate of drug-likeness (QED) is 0.721. The summed E-state index contributed by atoms with van der Waals surface area (Å²) in [6.07, 6.45) is 1.75. The molecular weight excluding hydrogens is 319 g/mol. The summed E-state index contributed by atoms with van der Waals surface area (Å²) in [5, 5.41) is 0. The summed E-state index contributed by atoms with van der Waals surface area (Å²) in [4.78, 5) is 21.1. The van der Waals surface area contributed by atoms with E-state index in [0.29, 0.717) is 18.7 Å². The number of carbonyl (C=O) groups is 1. The van der Waals surface area contributed by atoms with Gasteiger partial charge in [0.05, 0.1) is 17.4 Å². The van der Waals surface area contributed by atoms with Gasteiger partial charge in [-0.1, -0.05) is 0 Å². The van der Waals surface area contributed by atoms with Crippen molar-refractivity contribution in [1.82, 2.24) is 14.5 Å². The van der Waals surface area contributed by atoms with Gasteiger partial charge < -0.3 is 14.4 Å². The Morgan fingerprint density at radius 2 is 1.76 bits per heavy atom. The molecule has 0 N–H and O–H groups in total. The fourth-order valence-electron chi connectivity index (χ4n) is 3.27. The fraction of sp³-hybridized carbons (Fsp3) is 0.263. The summed E-state index contributed by atoms with van der Waals surface area (Å²) in [6.45, 7) is 2.78. The van der Waals surface area contributed by atoms with Gasteiger partial charge in [-0.3, -0.25) is 4.79 Å². The SMILES string of the molecule is Cn1cnc2cc(C(=O)N3CCN(c4ccc(F)cc4)CC3)ccc21. The molecule has 2 aromatic carbocycles. The van der Waals surface area contributed by atoms with Gasteiger partial charge in [-0.25, -0.2) is 9.37 Å². The first-order valence-electron chi connectivity index (χ1n) is 8.33. The molecule has 5 nitrogen and oxygen atoms in total. The summed E-state index contributed by atoms with van der Waals surface area (Å²) in [5.74, 6) is -0.200. The number of anilines is 1. The maximum absolute atomic E-state index is 13.0. The third kappa shape index (κ3) is 2.95. The van der Waals surface area contributed by atoms with Crippen molar-refractivity contribution >= 4 is 22.6 Å². The molecule has 4 rings (SSSR count). The van der Waals surface area contributed by atoms with Crippen LogP contribution >= 0.6 is 0 Å². The molecule has 128 valence electrons. The largest absolute Gasteiger partial charge is 0.368 e. The van der Waals surface area contributed by atoms with Crippen molar-refractivity contribution in [3.63, 3.8) is 0 Å². The van der Waals surface area contributed by atoms with E-state index in [4.69, 9.17) is 0 Å². The van der Waals surface area contributed by atoms with Crippen LogP contribution in [0.5, 0.6) is 0 Å². The van der Waals surface area contributed by atoms with Crippen LogP contribution in [0.1, 0.15) is 10.4 Å². The molecule has 1 amide bonds. The number of aryl methyl sites for hydroxylation is 1. The molecule has 0 spiro atoms. The molecule has 1 fully saturated rings. The van der Waals surface area contributed by atoms with Gasteiger partial charge in [0.15, 0.2) is 0 Å². The second-order valence-electron chi connectivity index (χ2n) is 6.31. The third-order valence-corrected chi connectivity index (χ3v) is 4.73. The van der Waals surface area contributed by atoms with Gasteiger partial charge in [-0.2, -0.15) is 0 Å². The van der Waals surface area contributed by atoms with Crippen molar-refractivity contribution in [3.8, 4) is 0 Å². The smallest absolute Gasteiger partial charge is 0.254 e. The van der Waals surface area contributed by atoms with Crippen molar-refractivity contribution in [2.45, 2.75) is 0 Å². The highest BCUT2D eigenvalue weighted by Gasteiger charge is 2.22. The third-order valence-electron chi connectivity index (χ3n) is 4.73. The molecule has 1 saturated heterocycles. The highest BCUT2D eigenvalue weighted by molar-refractivity contribution is 5.97. The Morgan fingerprint density at radius 1 is 1.04 bits per heavy atom. The van der Waals surface area contributed by atoms with Crippen LogP contribution in [-0.2, 0) is 7.05 Å². The maximum atomic E-state index is 13.0. The molecule has 3 aromatic rings. The summed E-state index contributed by atoms with van der Waals surface area (Å²) in [5.41, 5.74) is 3.50. The van der Waals surface area contributed by atoms with E-state index in [1.54, 1.807) is 18.5 Å². The van der Waals surface area contributed by atoms with E-state index in [1.165, 1.54) is 12.1 Å². The molecular formula is C19H19FN4O. The van der Waals surface area contributed by atoms with Crippen molar-refractivity contribution in [2.75, 3.05) is 31.1 Å². The first-order valence-corrected chi connectivity index (χ1v) is 8.33. The number of carbonyl (C=O) groups excluding carboxylic acids is 1. The van der Waals surface area contributed by atoms with Gasteiger partial charge in [-0.05, 0) is 42.5 Å². The van der Waals surface area contributed by atoms with Crippen LogP contribution in [-0.4, -0.2) is 46.5 Å². The van der Waals surface area contributed by atoms with Crippen LogP contribution in [0.15, 0.2) is 48.8 Å². The van der Waals surface area contributed by atoms with Gasteiger partial charge in [0.1, 0.15) is 5.82 Å². The number of piperazine rings is 1. The molecule has 25 heavy (non-hydrogen) atoms. The molecule has 0 bridgehead atoms. The van der Waals surface area contributed by atoms with Crippen LogP contribution in [0.2, 0.25) is 0 Å². The van der Waals surface area contributed by atoms with Crippen molar-refractivity contribution in [3.05, 3.63) is 60.2 Å². The van der Waals surface area contributed by atoms with Crippen LogP contribution < -0.4 is 4.90 Å². The Balaban J connectivity index is 1.45. The lowest BCUT2D eigenvalue weighted by Crippen LogP contribution is -2.48. The Labute approximate surface area is 145 Å². The number of imidazole rings is 1. The highest BCUT2D eigenvalue weighted by atomic mass is 19.1. The molecule has 6 heteroatoms. The van der Waals surface area contributed by atoms with E-state index >= 15 is 0 Å². The minimum absolute atomic E-state index is 0.0336. The summed E-state index contributed by atoms with van der Waals surface area (Å²) < 4.78 is 15.0. The molecule has 0 aliphatic carbocycles. The van der Waals surface area contributed by atoms with Crippen molar-refractivity contribution in [2.24, 2.45) is 7.05 Å². The second kappa shape index (κ2) is 6.20. The number of hydrogen-bond acceptors (Lipinski definition) is 3. The molecule has 0 unspecified atom stereocenters. The molecule has 1 aliphatic heterocycles. The maximum Gasteiger partial charge on any atom is 0.254 e. The molecule has 2 heterocycles. The summed E-state index contributed by atoms with van der Waals surface area (Å²) in [6, 6.07) is 12.1. The van der Waals surface area contributed by atoms with Crippen LogP contribution in [0.3, 0.4) is 0 Å². The lowest BCUT2D eigenvalue weighted by Gasteiger charge is -2.36. The zero-order valence-corrected chi connectivity index (χ0v) is 14.0. The van der Waals surface area contributed by atoms with Gasteiger partial charge in [-0.15, -0.1) is 0 Å². The van der Waals surface area contributed by atoms with Crippen LogP contribution in [0.4, 0.5) is 10.1 Å². The molecule has 1 aromatic heterocycles. The Kier molecular flexibility index (Phi) is 3.87.